The Kier molecular flexibility index (Phi) is 34.5. The van der Waals surface area contributed by atoms with Crippen LogP contribution >= 0.6 is 7.82 Å². The zero-order chi connectivity index (χ0) is 44.3. The molecule has 0 amide bonds. The summed E-state index contributed by atoms with van der Waals surface area (Å²) in [5.41, 5.74) is 0. The number of aliphatic hydroxyl groups is 5. The van der Waals surface area contributed by atoms with E-state index in [1.54, 1.807) is 0 Å². The van der Waals surface area contributed by atoms with Gasteiger partial charge in [0.1, 0.15) is 43.2 Å². The van der Waals surface area contributed by atoms with Crippen LogP contribution in [0, 0.1) is 0 Å². The summed E-state index contributed by atoms with van der Waals surface area (Å²) in [6.45, 7) is 3.28. The zero-order valence-corrected chi connectivity index (χ0v) is 38.2. The van der Waals surface area contributed by atoms with Gasteiger partial charge in [-0.2, -0.15) is 0 Å². The van der Waals surface area contributed by atoms with Crippen LogP contribution in [0.3, 0.4) is 0 Å². The molecular weight excluding hydrogens is 791 g/mol. The molecule has 13 nitrogen and oxygen atoms in total. The van der Waals surface area contributed by atoms with Gasteiger partial charge in [-0.15, -0.1) is 0 Å². The third-order valence-corrected chi connectivity index (χ3v) is 12.0. The van der Waals surface area contributed by atoms with Crippen LogP contribution in [0.5, 0.6) is 0 Å². The minimum Gasteiger partial charge on any atom is -0.462 e. The summed E-state index contributed by atoms with van der Waals surface area (Å²) in [5, 5.41) is 50.1. The number of hydrogen-bond donors (Lipinski definition) is 6. The molecule has 1 aliphatic carbocycles. The summed E-state index contributed by atoms with van der Waals surface area (Å²) in [6, 6.07) is 0. The fraction of sp³-hybridized carbons (Fsp3) is 0.870. The number of phosphoric acid groups is 1. The molecule has 0 saturated heterocycles. The van der Waals surface area contributed by atoms with Crippen LogP contribution < -0.4 is 0 Å². The van der Waals surface area contributed by atoms with E-state index in [9.17, 15) is 44.6 Å². The number of phosphoric ester groups is 1. The molecule has 0 spiro atoms. The van der Waals surface area contributed by atoms with E-state index in [0.29, 0.717) is 12.8 Å². The van der Waals surface area contributed by atoms with Crippen LogP contribution in [-0.2, 0) is 32.7 Å². The van der Waals surface area contributed by atoms with Crippen molar-refractivity contribution < 1.29 is 63.1 Å². The van der Waals surface area contributed by atoms with Crippen molar-refractivity contribution in [3.05, 3.63) is 24.3 Å². The first-order valence-electron chi connectivity index (χ1n) is 23.6. The Hall–Kier alpha value is -1.67. The van der Waals surface area contributed by atoms with E-state index >= 15 is 0 Å². The summed E-state index contributed by atoms with van der Waals surface area (Å²) in [5.74, 6) is -1.10. The van der Waals surface area contributed by atoms with Gasteiger partial charge >= 0.3 is 19.8 Å². The van der Waals surface area contributed by atoms with Crippen molar-refractivity contribution in [3.63, 3.8) is 0 Å². The highest BCUT2D eigenvalue weighted by molar-refractivity contribution is 7.47. The fourth-order valence-corrected chi connectivity index (χ4v) is 8.17. The lowest BCUT2D eigenvalue weighted by Gasteiger charge is -2.41. The van der Waals surface area contributed by atoms with Crippen LogP contribution in [0.25, 0.3) is 0 Å². The average Bonchev–Trinajstić information content (AvgIpc) is 3.23. The first kappa shape index (κ1) is 56.3. The number of esters is 2. The van der Waals surface area contributed by atoms with Crippen LogP contribution in [0.15, 0.2) is 24.3 Å². The first-order valence-corrected chi connectivity index (χ1v) is 25.1. The highest BCUT2D eigenvalue weighted by atomic mass is 31.2. The number of carbonyl (C=O) groups is 2. The third-order valence-electron chi connectivity index (χ3n) is 11.0. The maximum atomic E-state index is 12.8. The second kappa shape index (κ2) is 36.8. The van der Waals surface area contributed by atoms with Gasteiger partial charge in [0.05, 0.1) is 6.61 Å². The standard InChI is InChI=1S/C46H85O13P/c1-3-5-7-9-11-13-15-17-19-20-21-23-25-27-29-31-33-35-40(48)58-38(37-57-60(54,55)59-46-44(52)42(50)41(49)43(51)45(46)53)36-56-39(47)34-32-30-28-26-24-22-18-16-14-12-10-8-6-4-2/h11,13,17,19,38,41-46,49-53H,3-10,12,14-16,18,20-37H2,1-2H3,(H,54,55)/b13-11+,19-17+/t38-,41?,42-,43?,44?,45?,46?/m1/s1. The molecule has 60 heavy (non-hydrogen) atoms. The Morgan fingerprint density at radius 3 is 1.38 bits per heavy atom. The van der Waals surface area contributed by atoms with Crippen LogP contribution in [0.2, 0.25) is 0 Å². The number of carbonyl (C=O) groups excluding carboxylic acids is 2. The van der Waals surface area contributed by atoms with Crippen molar-refractivity contribution in [3.8, 4) is 0 Å². The molecule has 1 fully saturated rings. The summed E-state index contributed by atoms with van der Waals surface area (Å²) in [6.07, 6.45) is 26.5. The Morgan fingerprint density at radius 1 is 0.517 bits per heavy atom. The molecule has 6 unspecified atom stereocenters. The predicted octanol–water partition coefficient (Wildman–Crippen LogP) is 9.23. The summed E-state index contributed by atoms with van der Waals surface area (Å²) >= 11 is 0. The van der Waals surface area contributed by atoms with Gasteiger partial charge < -0.3 is 39.9 Å². The number of aliphatic hydroxyl groups excluding tert-OH is 5. The lowest BCUT2D eigenvalue weighted by molar-refractivity contribution is -0.220. The van der Waals surface area contributed by atoms with Crippen molar-refractivity contribution in [2.24, 2.45) is 0 Å². The molecule has 0 aromatic heterocycles. The maximum Gasteiger partial charge on any atom is 0.472 e. The highest BCUT2D eigenvalue weighted by Gasteiger charge is 2.51. The highest BCUT2D eigenvalue weighted by Crippen LogP contribution is 2.47. The smallest absolute Gasteiger partial charge is 0.462 e. The Morgan fingerprint density at radius 2 is 0.900 bits per heavy atom. The molecule has 0 heterocycles. The number of rotatable bonds is 39. The number of allylic oxidation sites excluding steroid dienone is 4. The van der Waals surface area contributed by atoms with Crippen molar-refractivity contribution in [2.45, 2.75) is 243 Å². The number of hydrogen-bond acceptors (Lipinski definition) is 12. The molecule has 0 aromatic rings. The minimum absolute atomic E-state index is 0.0905. The Balaban J connectivity index is 2.45. The molecule has 1 saturated carbocycles. The summed E-state index contributed by atoms with van der Waals surface area (Å²) < 4.78 is 33.5. The van der Waals surface area contributed by atoms with Crippen LogP contribution in [0.1, 0.15) is 200 Å². The van der Waals surface area contributed by atoms with Gasteiger partial charge in [-0.3, -0.25) is 18.6 Å². The molecule has 0 radical (unpaired) electrons. The molecule has 0 bridgehead atoms. The molecule has 0 aliphatic heterocycles. The van der Waals surface area contributed by atoms with Crippen molar-refractivity contribution in [1.29, 1.82) is 0 Å². The molecule has 8 atom stereocenters. The van der Waals surface area contributed by atoms with E-state index in [4.69, 9.17) is 18.5 Å². The second-order valence-corrected chi connectivity index (χ2v) is 18.0. The van der Waals surface area contributed by atoms with Gasteiger partial charge in [0, 0.05) is 12.8 Å². The summed E-state index contributed by atoms with van der Waals surface area (Å²) in [7, 11) is -5.12. The normalized spacial score (nSPS) is 22.3. The molecule has 0 aromatic carbocycles. The van der Waals surface area contributed by atoms with Crippen molar-refractivity contribution in [2.75, 3.05) is 13.2 Å². The van der Waals surface area contributed by atoms with Crippen molar-refractivity contribution >= 4 is 19.8 Å². The Bertz CT molecular complexity index is 1150. The second-order valence-electron chi connectivity index (χ2n) is 16.6. The third kappa shape index (κ3) is 28.8. The molecule has 6 N–H and O–H groups in total. The van der Waals surface area contributed by atoms with Gasteiger partial charge in [-0.25, -0.2) is 4.57 Å². The van der Waals surface area contributed by atoms with Gasteiger partial charge in [-0.05, 0) is 44.9 Å². The maximum absolute atomic E-state index is 12.8. The lowest BCUT2D eigenvalue weighted by atomic mass is 9.85. The van der Waals surface area contributed by atoms with Gasteiger partial charge in [-0.1, -0.05) is 167 Å². The largest absolute Gasteiger partial charge is 0.472 e. The zero-order valence-electron chi connectivity index (χ0n) is 37.3. The SMILES string of the molecule is CCCCC/C=C/C/C=C/CCCCCCCCCC(=O)O[C@H](COC(=O)CCCCCCCCCCCCCCCC)COP(=O)(O)OC1C(O)C(O)C(O)[C@@H](O)C1O. The number of ether oxygens (including phenoxy) is 2. The minimum atomic E-state index is -5.12. The van der Waals surface area contributed by atoms with Crippen LogP contribution in [0.4, 0.5) is 0 Å². The van der Waals surface area contributed by atoms with Gasteiger partial charge in [0.25, 0.3) is 0 Å². The van der Waals surface area contributed by atoms with E-state index in [1.807, 2.05) is 0 Å². The predicted molar refractivity (Wildman–Crippen MR) is 235 cm³/mol. The average molecular weight is 877 g/mol. The number of unbranched alkanes of at least 4 members (excludes halogenated alkanes) is 23. The van der Waals surface area contributed by atoms with E-state index in [2.05, 4.69) is 38.2 Å². The van der Waals surface area contributed by atoms with E-state index in [1.165, 1.54) is 83.5 Å². The molecular formula is C46H85O13P. The quantitative estimate of drug-likeness (QED) is 0.0147. The van der Waals surface area contributed by atoms with E-state index in [-0.39, 0.29) is 12.8 Å². The molecule has 14 heteroatoms. The Labute approximate surface area is 362 Å². The van der Waals surface area contributed by atoms with Crippen molar-refractivity contribution in [1.82, 2.24) is 0 Å². The van der Waals surface area contributed by atoms with Gasteiger partial charge in [0.15, 0.2) is 6.10 Å². The first-order chi connectivity index (χ1) is 28.9. The topological polar surface area (TPSA) is 210 Å². The van der Waals surface area contributed by atoms with Crippen LogP contribution in [-0.4, -0.2) is 98.3 Å². The monoisotopic (exact) mass is 877 g/mol. The molecule has 1 aliphatic rings. The van der Waals surface area contributed by atoms with Gasteiger partial charge in [0.2, 0.25) is 0 Å². The fourth-order valence-electron chi connectivity index (χ4n) is 7.20. The van der Waals surface area contributed by atoms with E-state index in [0.717, 1.165) is 77.0 Å². The van der Waals surface area contributed by atoms with E-state index < -0.39 is 75.7 Å². The molecule has 1 rings (SSSR count). The summed E-state index contributed by atoms with van der Waals surface area (Å²) in [4.78, 5) is 35.7. The lowest BCUT2D eigenvalue weighted by Crippen LogP contribution is -2.64. The molecule has 352 valence electrons.